The molecular formula is C15H23Cl. The minimum absolute atomic E-state index is 0.179. The van der Waals surface area contributed by atoms with Gasteiger partial charge in [-0.1, -0.05) is 25.8 Å². The summed E-state index contributed by atoms with van der Waals surface area (Å²) in [6.45, 7) is 10.9. The lowest BCUT2D eigenvalue weighted by Gasteiger charge is -2.19. The molecule has 0 fully saturated rings. The van der Waals surface area contributed by atoms with E-state index in [4.69, 9.17) is 11.6 Å². The minimum atomic E-state index is 0.179. The molecule has 0 aromatic heterocycles. The van der Waals surface area contributed by atoms with Crippen LogP contribution in [0.15, 0.2) is 6.07 Å². The first kappa shape index (κ1) is 13.6. The molecule has 90 valence electrons. The number of hydrogen-bond acceptors (Lipinski definition) is 0. The summed E-state index contributed by atoms with van der Waals surface area (Å²) < 4.78 is 0. The zero-order chi connectivity index (χ0) is 12.3. The van der Waals surface area contributed by atoms with Crippen LogP contribution in [0.5, 0.6) is 0 Å². The van der Waals surface area contributed by atoms with Crippen molar-refractivity contribution < 1.29 is 0 Å². The number of alkyl halides is 1. The monoisotopic (exact) mass is 238 g/mol. The number of benzene rings is 1. The largest absolute Gasteiger partial charge is 0.118 e. The van der Waals surface area contributed by atoms with Crippen molar-refractivity contribution in [2.75, 3.05) is 0 Å². The molecule has 0 aliphatic carbocycles. The van der Waals surface area contributed by atoms with Gasteiger partial charge in [0.1, 0.15) is 0 Å². The molecule has 1 rings (SSSR count). The summed E-state index contributed by atoms with van der Waals surface area (Å²) in [5.74, 6) is 0. The van der Waals surface area contributed by atoms with Crippen LogP contribution >= 0.6 is 11.6 Å². The normalized spacial score (nSPS) is 12.9. The van der Waals surface area contributed by atoms with E-state index < -0.39 is 0 Å². The van der Waals surface area contributed by atoms with Gasteiger partial charge >= 0.3 is 0 Å². The first-order chi connectivity index (χ1) is 7.49. The summed E-state index contributed by atoms with van der Waals surface area (Å²) >= 11 is 6.54. The molecule has 0 heterocycles. The SMILES string of the molecule is CCCCC(Cl)c1c(C)c(C)cc(C)c1C. The molecule has 0 amide bonds. The molecule has 1 atom stereocenters. The van der Waals surface area contributed by atoms with E-state index in [9.17, 15) is 0 Å². The summed E-state index contributed by atoms with van der Waals surface area (Å²) in [7, 11) is 0. The summed E-state index contributed by atoms with van der Waals surface area (Å²) in [6.07, 6.45) is 3.51. The number of hydrogen-bond donors (Lipinski definition) is 0. The Labute approximate surface area is 105 Å². The molecule has 0 bridgehead atoms. The first-order valence-electron chi connectivity index (χ1n) is 6.20. The molecule has 0 saturated heterocycles. The van der Waals surface area contributed by atoms with Crippen molar-refractivity contribution in [3.8, 4) is 0 Å². The molecule has 0 aliphatic rings. The molecule has 0 nitrogen and oxygen atoms in total. The van der Waals surface area contributed by atoms with Crippen molar-refractivity contribution in [3.05, 3.63) is 33.9 Å². The second-order valence-corrected chi connectivity index (χ2v) is 5.31. The van der Waals surface area contributed by atoms with Gasteiger partial charge in [0.05, 0.1) is 5.38 Å². The molecule has 0 radical (unpaired) electrons. The summed E-state index contributed by atoms with van der Waals surface area (Å²) in [6, 6.07) is 2.26. The lowest BCUT2D eigenvalue weighted by atomic mass is 9.90. The molecule has 1 aromatic carbocycles. The highest BCUT2D eigenvalue weighted by Gasteiger charge is 2.15. The average molecular weight is 239 g/mol. The topological polar surface area (TPSA) is 0 Å². The van der Waals surface area contributed by atoms with Gasteiger partial charge in [-0.15, -0.1) is 11.6 Å². The van der Waals surface area contributed by atoms with Crippen LogP contribution in [-0.2, 0) is 0 Å². The highest BCUT2D eigenvalue weighted by Crippen LogP contribution is 2.34. The van der Waals surface area contributed by atoms with E-state index in [-0.39, 0.29) is 5.38 Å². The van der Waals surface area contributed by atoms with Crippen molar-refractivity contribution in [2.45, 2.75) is 59.3 Å². The van der Waals surface area contributed by atoms with Crippen molar-refractivity contribution in [2.24, 2.45) is 0 Å². The van der Waals surface area contributed by atoms with Crippen molar-refractivity contribution in [3.63, 3.8) is 0 Å². The third kappa shape index (κ3) is 2.79. The van der Waals surface area contributed by atoms with Gasteiger partial charge in [-0.3, -0.25) is 0 Å². The molecule has 1 heteroatoms. The van der Waals surface area contributed by atoms with Crippen LogP contribution in [0.4, 0.5) is 0 Å². The Kier molecular flexibility index (Phi) is 4.86. The number of aryl methyl sites for hydroxylation is 2. The van der Waals surface area contributed by atoms with Crippen LogP contribution in [0.3, 0.4) is 0 Å². The molecular weight excluding hydrogens is 216 g/mol. The maximum Gasteiger partial charge on any atom is 0.0590 e. The van der Waals surface area contributed by atoms with Gasteiger partial charge in [0.25, 0.3) is 0 Å². The standard InChI is InChI=1S/C15H23Cl/c1-6-7-8-14(16)15-12(4)10(2)9-11(3)13(15)5/h9,14H,6-8H2,1-5H3. The zero-order valence-electron chi connectivity index (χ0n) is 11.2. The van der Waals surface area contributed by atoms with Gasteiger partial charge in [-0.25, -0.2) is 0 Å². The number of rotatable bonds is 4. The molecule has 0 N–H and O–H groups in total. The Morgan fingerprint density at radius 1 is 1.06 bits per heavy atom. The van der Waals surface area contributed by atoms with Crippen molar-refractivity contribution >= 4 is 11.6 Å². The van der Waals surface area contributed by atoms with Gasteiger partial charge < -0.3 is 0 Å². The predicted molar refractivity (Wildman–Crippen MR) is 73.5 cm³/mol. The van der Waals surface area contributed by atoms with Crippen molar-refractivity contribution in [1.29, 1.82) is 0 Å². The molecule has 0 aliphatic heterocycles. The zero-order valence-corrected chi connectivity index (χ0v) is 11.9. The molecule has 0 saturated carbocycles. The predicted octanol–water partition coefficient (Wildman–Crippen LogP) is 5.39. The number of unbranched alkanes of at least 4 members (excludes halogenated alkanes) is 1. The van der Waals surface area contributed by atoms with E-state index >= 15 is 0 Å². The lowest BCUT2D eigenvalue weighted by Crippen LogP contribution is -2.02. The molecule has 16 heavy (non-hydrogen) atoms. The highest BCUT2D eigenvalue weighted by molar-refractivity contribution is 6.21. The minimum Gasteiger partial charge on any atom is -0.118 e. The smallest absolute Gasteiger partial charge is 0.0590 e. The second kappa shape index (κ2) is 5.72. The third-order valence-corrected chi connectivity index (χ3v) is 3.98. The maximum absolute atomic E-state index is 6.54. The van der Waals surface area contributed by atoms with Gasteiger partial charge in [-0.2, -0.15) is 0 Å². The van der Waals surface area contributed by atoms with Crippen LogP contribution in [0.2, 0.25) is 0 Å². The fraction of sp³-hybridized carbons (Fsp3) is 0.600. The van der Waals surface area contributed by atoms with Crippen LogP contribution in [-0.4, -0.2) is 0 Å². The molecule has 1 unspecified atom stereocenters. The van der Waals surface area contributed by atoms with E-state index in [1.807, 2.05) is 0 Å². The average Bonchev–Trinajstić information content (AvgIpc) is 2.24. The Hall–Kier alpha value is -0.490. The van der Waals surface area contributed by atoms with Gasteiger partial charge in [0, 0.05) is 0 Å². The fourth-order valence-corrected chi connectivity index (χ4v) is 2.73. The molecule has 0 spiro atoms. The highest BCUT2D eigenvalue weighted by atomic mass is 35.5. The first-order valence-corrected chi connectivity index (χ1v) is 6.64. The third-order valence-electron chi connectivity index (χ3n) is 3.55. The summed E-state index contributed by atoms with van der Waals surface area (Å²) in [5, 5.41) is 0.179. The van der Waals surface area contributed by atoms with E-state index in [2.05, 4.69) is 40.7 Å². The molecule has 1 aromatic rings. The summed E-state index contributed by atoms with van der Waals surface area (Å²) in [4.78, 5) is 0. The second-order valence-electron chi connectivity index (χ2n) is 4.78. The Morgan fingerprint density at radius 3 is 2.00 bits per heavy atom. The fourth-order valence-electron chi connectivity index (χ4n) is 2.24. The number of halogens is 1. The lowest BCUT2D eigenvalue weighted by molar-refractivity contribution is 0.695. The van der Waals surface area contributed by atoms with Crippen molar-refractivity contribution in [1.82, 2.24) is 0 Å². The Morgan fingerprint density at radius 2 is 1.56 bits per heavy atom. The van der Waals surface area contributed by atoms with E-state index in [1.165, 1.54) is 40.7 Å². The Balaban J connectivity index is 3.11. The van der Waals surface area contributed by atoms with E-state index in [1.54, 1.807) is 0 Å². The summed E-state index contributed by atoms with van der Waals surface area (Å²) in [5.41, 5.74) is 6.84. The van der Waals surface area contributed by atoms with Crippen LogP contribution in [0, 0.1) is 27.7 Å². The van der Waals surface area contributed by atoms with E-state index in [0.717, 1.165) is 6.42 Å². The van der Waals surface area contributed by atoms with Gasteiger partial charge in [0.15, 0.2) is 0 Å². The quantitative estimate of drug-likeness (QED) is 0.617. The van der Waals surface area contributed by atoms with Gasteiger partial charge in [0.2, 0.25) is 0 Å². The van der Waals surface area contributed by atoms with Crippen LogP contribution < -0.4 is 0 Å². The van der Waals surface area contributed by atoms with E-state index in [0.29, 0.717) is 0 Å². The van der Waals surface area contributed by atoms with Crippen LogP contribution in [0.25, 0.3) is 0 Å². The maximum atomic E-state index is 6.54. The van der Waals surface area contributed by atoms with Crippen LogP contribution in [0.1, 0.15) is 59.4 Å². The Bertz CT molecular complexity index is 340. The van der Waals surface area contributed by atoms with Gasteiger partial charge in [-0.05, 0) is 61.9 Å².